The number of amides is 3. The third kappa shape index (κ3) is 7.45. The van der Waals surface area contributed by atoms with Crippen LogP contribution in [0.15, 0.2) is 107 Å². The van der Waals surface area contributed by atoms with Gasteiger partial charge in [-0.2, -0.15) is 4.31 Å². The molecule has 1 aromatic heterocycles. The van der Waals surface area contributed by atoms with E-state index in [2.05, 4.69) is 5.32 Å². The van der Waals surface area contributed by atoms with Crippen molar-refractivity contribution in [2.24, 2.45) is 0 Å². The van der Waals surface area contributed by atoms with Gasteiger partial charge in [-0.05, 0) is 46.8 Å². The summed E-state index contributed by atoms with van der Waals surface area (Å²) in [6, 6.07) is 27.1. The average Bonchev–Trinajstić information content (AvgIpc) is 3.61. The zero-order chi connectivity index (χ0) is 31.1. The summed E-state index contributed by atoms with van der Waals surface area (Å²) in [5.41, 5.74) is 2.20. The van der Waals surface area contributed by atoms with Crippen LogP contribution in [0.2, 0.25) is 0 Å². The van der Waals surface area contributed by atoms with Crippen LogP contribution in [-0.4, -0.2) is 78.8 Å². The molecule has 10 nitrogen and oxygen atoms in total. The van der Waals surface area contributed by atoms with Crippen molar-refractivity contribution in [1.29, 1.82) is 0 Å². The number of carbonyl (C=O) groups excluding carboxylic acids is 2. The molecule has 5 rings (SSSR count). The van der Waals surface area contributed by atoms with Gasteiger partial charge in [-0.25, -0.2) is 13.2 Å². The van der Waals surface area contributed by atoms with Crippen molar-refractivity contribution < 1.29 is 27.9 Å². The lowest BCUT2D eigenvalue weighted by Crippen LogP contribution is -2.62. The van der Waals surface area contributed by atoms with Gasteiger partial charge in [-0.3, -0.25) is 4.79 Å². The molecule has 2 atom stereocenters. The third-order valence-corrected chi connectivity index (χ3v) is 10.6. The number of piperazine rings is 1. The Bertz CT molecular complexity index is 1640. The number of aliphatic hydroxyl groups excluding tert-OH is 1. The number of sulfonamides is 1. The van der Waals surface area contributed by atoms with Crippen LogP contribution in [0.3, 0.4) is 0 Å². The average molecular weight is 635 g/mol. The molecule has 0 aliphatic carbocycles. The minimum atomic E-state index is -4.00. The first kappa shape index (κ1) is 31.2. The van der Waals surface area contributed by atoms with E-state index >= 15 is 0 Å². The number of nitrogens with zero attached hydrogens (tertiary/aromatic N) is 3. The Balaban J connectivity index is 1.27. The van der Waals surface area contributed by atoms with E-state index in [4.69, 9.17) is 4.74 Å². The van der Waals surface area contributed by atoms with Gasteiger partial charge in [-0.15, -0.1) is 11.3 Å². The van der Waals surface area contributed by atoms with Gasteiger partial charge in [0, 0.05) is 32.4 Å². The molecule has 2 N–H and O–H groups in total. The van der Waals surface area contributed by atoms with Crippen molar-refractivity contribution in [3.05, 3.63) is 114 Å². The van der Waals surface area contributed by atoms with Crippen molar-refractivity contribution in [2.75, 3.05) is 38.5 Å². The van der Waals surface area contributed by atoms with Crippen molar-refractivity contribution in [1.82, 2.24) is 14.1 Å². The van der Waals surface area contributed by atoms with Gasteiger partial charge in [0.2, 0.25) is 5.91 Å². The topological polar surface area (TPSA) is 119 Å². The van der Waals surface area contributed by atoms with E-state index in [9.17, 15) is 23.1 Å². The number of ether oxygens (including phenoxy) is 1. The third-order valence-electron chi connectivity index (χ3n) is 7.32. The SMILES string of the molecule is CN(CC(O)c1ccccc1)C(=O)C1CN(C(=O)Nc2ccc(OCc3ccccc3)cc2)CCN1S(=O)(=O)c1cccs1. The van der Waals surface area contributed by atoms with Crippen molar-refractivity contribution in [3.8, 4) is 5.75 Å². The Kier molecular flexibility index (Phi) is 9.95. The second kappa shape index (κ2) is 14.0. The normalized spacial score (nSPS) is 16.2. The van der Waals surface area contributed by atoms with Gasteiger partial charge in [0.25, 0.3) is 10.0 Å². The van der Waals surface area contributed by atoms with E-state index < -0.39 is 34.1 Å². The summed E-state index contributed by atoms with van der Waals surface area (Å²) >= 11 is 1.07. The molecule has 3 amide bonds. The van der Waals surface area contributed by atoms with Crippen LogP contribution in [0, 0.1) is 0 Å². The molecule has 2 unspecified atom stereocenters. The molecule has 1 fully saturated rings. The zero-order valence-electron chi connectivity index (χ0n) is 24.2. The molecule has 1 aliphatic rings. The van der Waals surface area contributed by atoms with Crippen LogP contribution in [0.25, 0.3) is 0 Å². The van der Waals surface area contributed by atoms with Crippen molar-refractivity contribution >= 4 is 39.0 Å². The van der Waals surface area contributed by atoms with Crippen LogP contribution < -0.4 is 10.1 Å². The van der Waals surface area contributed by atoms with Crippen LogP contribution in [0.4, 0.5) is 10.5 Å². The highest BCUT2D eigenvalue weighted by Gasteiger charge is 2.43. The number of thiophene rings is 1. The smallest absolute Gasteiger partial charge is 0.321 e. The number of rotatable bonds is 10. The molecule has 3 aromatic carbocycles. The van der Waals surface area contributed by atoms with Gasteiger partial charge < -0.3 is 25.0 Å². The predicted octanol–water partition coefficient (Wildman–Crippen LogP) is 4.43. The van der Waals surface area contributed by atoms with E-state index in [-0.39, 0.29) is 30.4 Å². The Morgan fingerprint density at radius 2 is 1.66 bits per heavy atom. The Labute approximate surface area is 261 Å². The van der Waals surface area contributed by atoms with E-state index in [1.165, 1.54) is 22.9 Å². The number of benzene rings is 3. The second-order valence-electron chi connectivity index (χ2n) is 10.4. The quantitative estimate of drug-likeness (QED) is 0.267. The van der Waals surface area contributed by atoms with Gasteiger partial charge >= 0.3 is 6.03 Å². The van der Waals surface area contributed by atoms with Gasteiger partial charge in [0.1, 0.15) is 22.6 Å². The number of hydrogen-bond acceptors (Lipinski definition) is 7. The Hall–Kier alpha value is -4.23. The summed E-state index contributed by atoms with van der Waals surface area (Å²) in [5, 5.41) is 15.2. The number of anilines is 1. The fourth-order valence-corrected chi connectivity index (χ4v) is 7.61. The first-order chi connectivity index (χ1) is 21.2. The highest BCUT2D eigenvalue weighted by Crippen LogP contribution is 2.27. The van der Waals surface area contributed by atoms with Crippen molar-refractivity contribution in [2.45, 2.75) is 23.0 Å². The zero-order valence-corrected chi connectivity index (χ0v) is 25.8. The molecular weight excluding hydrogens is 601 g/mol. The van der Waals surface area contributed by atoms with Gasteiger partial charge in [0.15, 0.2) is 0 Å². The van der Waals surface area contributed by atoms with Crippen LogP contribution >= 0.6 is 11.3 Å². The van der Waals surface area contributed by atoms with Crippen LogP contribution in [0.1, 0.15) is 17.2 Å². The molecule has 1 aliphatic heterocycles. The molecule has 0 saturated carbocycles. The minimum absolute atomic E-state index is 0.0445. The molecule has 1 saturated heterocycles. The Morgan fingerprint density at radius 3 is 2.32 bits per heavy atom. The number of nitrogens with one attached hydrogen (secondary N) is 1. The molecule has 12 heteroatoms. The van der Waals surface area contributed by atoms with E-state index in [1.54, 1.807) is 60.0 Å². The van der Waals surface area contributed by atoms with E-state index in [0.29, 0.717) is 23.6 Å². The number of aliphatic hydroxyl groups is 1. The maximum Gasteiger partial charge on any atom is 0.321 e. The highest BCUT2D eigenvalue weighted by molar-refractivity contribution is 7.91. The number of urea groups is 1. The molecule has 4 aromatic rings. The second-order valence-corrected chi connectivity index (χ2v) is 13.4. The first-order valence-electron chi connectivity index (χ1n) is 14.1. The molecule has 0 spiro atoms. The lowest BCUT2D eigenvalue weighted by molar-refractivity contribution is -0.136. The number of carbonyl (C=O) groups is 2. The summed E-state index contributed by atoms with van der Waals surface area (Å²) in [4.78, 5) is 29.8. The van der Waals surface area contributed by atoms with Crippen LogP contribution in [0.5, 0.6) is 5.75 Å². The van der Waals surface area contributed by atoms with Crippen LogP contribution in [-0.2, 0) is 21.4 Å². The highest BCUT2D eigenvalue weighted by atomic mass is 32.2. The predicted molar refractivity (Wildman–Crippen MR) is 169 cm³/mol. The van der Waals surface area contributed by atoms with Gasteiger partial charge in [0.05, 0.1) is 12.6 Å². The lowest BCUT2D eigenvalue weighted by atomic mass is 10.1. The molecule has 230 valence electrons. The number of hydrogen-bond donors (Lipinski definition) is 2. The minimum Gasteiger partial charge on any atom is -0.489 e. The monoisotopic (exact) mass is 634 g/mol. The first-order valence-corrected chi connectivity index (χ1v) is 16.4. The largest absolute Gasteiger partial charge is 0.489 e. The summed E-state index contributed by atoms with van der Waals surface area (Å²) < 4.78 is 34.2. The van der Waals surface area contributed by atoms with Crippen molar-refractivity contribution in [3.63, 3.8) is 0 Å². The summed E-state index contributed by atoms with van der Waals surface area (Å²) in [6.07, 6.45) is -0.963. The summed E-state index contributed by atoms with van der Waals surface area (Å²) in [6.45, 7) is 0.244. The fraction of sp³-hybridized carbons (Fsp3) is 0.250. The number of likely N-dealkylation sites (N-methyl/N-ethyl adjacent to an activating group) is 1. The molecule has 0 radical (unpaired) electrons. The summed E-state index contributed by atoms with van der Waals surface area (Å²) in [5.74, 6) is 0.128. The molecule has 2 heterocycles. The Morgan fingerprint density at radius 1 is 0.977 bits per heavy atom. The van der Waals surface area contributed by atoms with E-state index in [1.807, 2.05) is 36.4 Å². The molecular formula is C32H34N4O6S2. The van der Waals surface area contributed by atoms with E-state index in [0.717, 1.165) is 21.2 Å². The summed E-state index contributed by atoms with van der Waals surface area (Å²) in [7, 11) is -2.48. The standard InChI is InChI=1S/C32H34N4O6S2/c1-34(22-29(37)25-11-6-3-7-12-25)31(38)28-21-35(18-19-36(28)44(40,41)30-13-8-20-43-30)32(39)33-26-14-16-27(17-15-26)42-23-24-9-4-2-5-10-24/h2-17,20,28-29,37H,18-19,21-23H2,1H3,(H,33,39). The molecule has 0 bridgehead atoms. The van der Waals surface area contributed by atoms with Gasteiger partial charge in [-0.1, -0.05) is 66.7 Å². The maximum atomic E-state index is 13.8. The maximum absolute atomic E-state index is 13.8. The fourth-order valence-electron chi connectivity index (χ4n) is 4.93. The lowest BCUT2D eigenvalue weighted by Gasteiger charge is -2.40. The molecule has 44 heavy (non-hydrogen) atoms.